The second-order valence-corrected chi connectivity index (χ2v) is 26.0. The Balaban J connectivity index is 0.000000229. The van der Waals surface area contributed by atoms with Gasteiger partial charge in [-0.05, 0) is 177 Å². The molecule has 0 unspecified atom stereocenters. The number of hydrogen-bond donors (Lipinski definition) is 5. The van der Waals surface area contributed by atoms with Crippen molar-refractivity contribution in [3.8, 4) is 0 Å². The minimum atomic E-state index is -0.561. The molecule has 5 N–H and O–H groups in total. The lowest BCUT2D eigenvalue weighted by atomic mass is 9.89. The molecule has 0 saturated carbocycles. The highest BCUT2D eigenvalue weighted by atomic mass is 35.5. The summed E-state index contributed by atoms with van der Waals surface area (Å²) in [5.74, 6) is -0.495. The van der Waals surface area contributed by atoms with E-state index < -0.39 is 17.0 Å². The zero-order chi connectivity index (χ0) is 64.9. The highest BCUT2D eigenvalue weighted by Gasteiger charge is 2.35. The molecule has 3 aromatic carbocycles. The first-order valence-corrected chi connectivity index (χ1v) is 31.5. The van der Waals surface area contributed by atoms with Crippen molar-refractivity contribution in [3.63, 3.8) is 0 Å². The molecule has 0 bridgehead atoms. The first kappa shape index (κ1) is 77.0. The molecule has 3 aromatic heterocycles. The molecule has 20 nitrogen and oxygen atoms in total. The zero-order valence-electron chi connectivity index (χ0n) is 52.3. The molecule has 0 atom stereocenters. The molecule has 9 heterocycles. The Kier molecular flexibility index (Phi) is 29.1. The molecule has 0 radical (unpaired) electrons. The lowest BCUT2D eigenvalue weighted by Gasteiger charge is -2.33. The Morgan fingerprint density at radius 3 is 1.37 bits per heavy atom. The van der Waals surface area contributed by atoms with Crippen molar-refractivity contribution >= 4 is 89.8 Å². The number of piperidine rings is 3. The van der Waals surface area contributed by atoms with E-state index in [1.807, 2.05) is 70.8 Å². The van der Waals surface area contributed by atoms with Crippen LogP contribution in [-0.4, -0.2) is 150 Å². The molecule has 6 aliphatic heterocycles. The zero-order valence-corrected chi connectivity index (χ0v) is 56.2. The fraction of sp³-hybridized carbons (Fsp3) is 0.508. The molecular formula is C65H84Cl5F3N12O8. The van der Waals surface area contributed by atoms with E-state index in [0.717, 1.165) is 110 Å². The van der Waals surface area contributed by atoms with Crippen molar-refractivity contribution in [1.82, 2.24) is 60.8 Å². The van der Waals surface area contributed by atoms with E-state index in [-0.39, 0.29) is 95.9 Å². The van der Waals surface area contributed by atoms with Gasteiger partial charge in [0.25, 0.3) is 11.8 Å². The summed E-state index contributed by atoms with van der Waals surface area (Å²) in [6, 6.07) is 14.9. The van der Waals surface area contributed by atoms with Crippen LogP contribution in [0.5, 0.6) is 0 Å². The summed E-state index contributed by atoms with van der Waals surface area (Å²) in [4.78, 5) is 73.4. The van der Waals surface area contributed by atoms with Crippen LogP contribution in [0.3, 0.4) is 0 Å². The highest BCUT2D eigenvalue weighted by molar-refractivity contribution is 6.32. The average molecular weight is 1400 g/mol. The molecule has 4 amide bonds. The second-order valence-electron chi connectivity index (χ2n) is 24.8. The van der Waals surface area contributed by atoms with Gasteiger partial charge in [-0.1, -0.05) is 78.6 Å². The number of H-pyrrole nitrogens is 3. The molecular weight excluding hydrogens is 1310 g/mol. The van der Waals surface area contributed by atoms with Gasteiger partial charge in [0, 0.05) is 56.9 Å². The first-order chi connectivity index (χ1) is 42.9. The van der Waals surface area contributed by atoms with E-state index in [9.17, 15) is 32.3 Å². The standard InChI is InChI=1S/C23H28ClFN4O3.C18H20ClFN4O.C11H13ClFN.C11H17N3O2.CO2.CH4.2ClH/c1-23(2,3)32-22(31)29-12-9-16-18(13-29)26-27-20(16)21(30)28-10-7-14(8-11-28)15-5-4-6-17(25)19(15)24;19-16-12(2-1-3-14(16)20)11-5-8-24(9-6-11)18(25)17-13-4-7-21-10-15(13)22-23-17;12-11-9(2-1-3-10(11)13)8-4-6-14-7-5-8;1-11(2,3)16-10(15)14-5-4-8-6-12-13-9(8)7-14;2-1-3;;;/h4-6,14H,7-13H2,1-3H3,(H,26,27);1-3,11,21H,4-10H2,(H,22,23);1-3,8,14H,4-7H2;6H,4-5,7H2,1-3H3,(H,12,13);;1H4;2*1H. The SMILES string of the molecule is C.CC(C)(C)OC(=O)N1CCc2c(C(=O)N3CCC(c4cccc(F)c4Cl)CC3)n[nH]c2C1.CC(C)(C)OC(=O)N1CCc2cn[nH]c2C1.Cl.Cl.Fc1cccc(C2CCNCC2)c1Cl.O=C(c1n[nH]c2c1CCNC2)N1CCC(c2cccc(F)c2Cl)CC1.O=C=O. The molecule has 0 spiro atoms. The highest BCUT2D eigenvalue weighted by Crippen LogP contribution is 2.37. The van der Waals surface area contributed by atoms with Crippen LogP contribution in [0.25, 0.3) is 0 Å². The van der Waals surface area contributed by atoms with E-state index >= 15 is 0 Å². The Bertz CT molecular complexity index is 3490. The largest absolute Gasteiger partial charge is 0.444 e. The van der Waals surface area contributed by atoms with E-state index in [1.54, 1.807) is 32.9 Å². The molecule has 12 rings (SSSR count). The van der Waals surface area contributed by atoms with E-state index in [4.69, 9.17) is 53.9 Å². The van der Waals surface area contributed by atoms with Crippen LogP contribution in [-0.2, 0) is 58.0 Å². The minimum absolute atomic E-state index is 0. The lowest BCUT2D eigenvalue weighted by Crippen LogP contribution is -2.41. The van der Waals surface area contributed by atoms with Crippen LogP contribution >= 0.6 is 59.6 Å². The fourth-order valence-electron chi connectivity index (χ4n) is 11.8. The molecule has 508 valence electrons. The van der Waals surface area contributed by atoms with Gasteiger partial charge < -0.3 is 39.7 Å². The third-order valence-electron chi connectivity index (χ3n) is 16.4. The maximum atomic E-state index is 13.8. The van der Waals surface area contributed by atoms with Crippen LogP contribution in [0.4, 0.5) is 22.8 Å². The van der Waals surface area contributed by atoms with Crippen molar-refractivity contribution in [2.24, 2.45) is 0 Å². The summed E-state index contributed by atoms with van der Waals surface area (Å²) in [7, 11) is 0. The van der Waals surface area contributed by atoms with Crippen LogP contribution in [0.15, 0.2) is 60.8 Å². The number of hydrogen-bond acceptors (Lipinski definition) is 13. The van der Waals surface area contributed by atoms with E-state index in [0.29, 0.717) is 93.9 Å². The number of amides is 4. The van der Waals surface area contributed by atoms with Crippen molar-refractivity contribution < 1.29 is 51.4 Å². The number of aromatic amines is 3. The summed E-state index contributed by atoms with van der Waals surface area (Å²) in [5, 5.41) is 28.6. The predicted octanol–water partition coefficient (Wildman–Crippen LogP) is 12.9. The van der Waals surface area contributed by atoms with Gasteiger partial charge in [-0.3, -0.25) is 24.9 Å². The Hall–Kier alpha value is -6.69. The second kappa shape index (κ2) is 35.2. The summed E-state index contributed by atoms with van der Waals surface area (Å²) >= 11 is 18.2. The molecule has 28 heteroatoms. The maximum Gasteiger partial charge on any atom is 0.410 e. The van der Waals surface area contributed by atoms with Gasteiger partial charge in [-0.15, -0.1) is 24.8 Å². The topological polar surface area (TPSA) is 244 Å². The van der Waals surface area contributed by atoms with Crippen molar-refractivity contribution in [1.29, 1.82) is 0 Å². The van der Waals surface area contributed by atoms with Crippen molar-refractivity contribution in [2.75, 3.05) is 58.9 Å². The third kappa shape index (κ3) is 20.4. The number of ether oxygens (including phenoxy) is 2. The quantitative estimate of drug-likeness (QED) is 0.108. The molecule has 3 saturated heterocycles. The number of halogens is 8. The average Bonchev–Trinajstić information content (AvgIpc) is 1.78. The molecule has 0 aliphatic carbocycles. The molecule has 3 fully saturated rings. The summed E-state index contributed by atoms with van der Waals surface area (Å²) in [6.45, 7) is 19.2. The smallest absolute Gasteiger partial charge is 0.410 e. The fourth-order valence-corrected chi connectivity index (χ4v) is 12.7. The van der Waals surface area contributed by atoms with Gasteiger partial charge >= 0.3 is 18.3 Å². The van der Waals surface area contributed by atoms with E-state index in [2.05, 4.69) is 41.2 Å². The van der Waals surface area contributed by atoms with Crippen molar-refractivity contribution in [2.45, 2.75) is 155 Å². The van der Waals surface area contributed by atoms with Crippen LogP contribution < -0.4 is 10.6 Å². The van der Waals surface area contributed by atoms with Crippen LogP contribution in [0, 0.1) is 17.5 Å². The molecule has 93 heavy (non-hydrogen) atoms. The number of carbonyl (C=O) groups excluding carboxylic acids is 6. The van der Waals surface area contributed by atoms with Gasteiger partial charge in [0.15, 0.2) is 11.4 Å². The Morgan fingerprint density at radius 2 is 0.925 bits per heavy atom. The maximum absolute atomic E-state index is 13.8. The van der Waals surface area contributed by atoms with Gasteiger partial charge in [-0.2, -0.15) is 24.9 Å². The van der Waals surface area contributed by atoms with Gasteiger partial charge in [0.05, 0.1) is 51.4 Å². The van der Waals surface area contributed by atoms with Crippen molar-refractivity contribution in [3.05, 3.63) is 155 Å². The molecule has 6 aliphatic rings. The summed E-state index contributed by atoms with van der Waals surface area (Å²) in [5.41, 5.74) is 8.48. The van der Waals surface area contributed by atoms with Crippen LogP contribution in [0.1, 0.15) is 177 Å². The van der Waals surface area contributed by atoms with Gasteiger partial charge in [-0.25, -0.2) is 22.8 Å². The van der Waals surface area contributed by atoms with Gasteiger partial charge in [0.2, 0.25) is 0 Å². The normalized spacial score (nSPS) is 16.4. The number of rotatable bonds is 5. The number of carbonyl (C=O) groups is 4. The van der Waals surface area contributed by atoms with Gasteiger partial charge in [0.1, 0.15) is 28.7 Å². The number of aromatic nitrogens is 6. The number of likely N-dealkylation sites (tertiary alicyclic amines) is 2. The number of benzene rings is 3. The first-order valence-electron chi connectivity index (χ1n) is 30.3. The number of nitrogens with one attached hydrogen (secondary N) is 5. The monoisotopic (exact) mass is 1390 g/mol. The number of nitrogens with zero attached hydrogens (tertiary/aromatic N) is 7. The van der Waals surface area contributed by atoms with Crippen LogP contribution in [0.2, 0.25) is 15.1 Å². The minimum Gasteiger partial charge on any atom is -0.444 e. The predicted molar refractivity (Wildman–Crippen MR) is 353 cm³/mol. The lowest BCUT2D eigenvalue weighted by molar-refractivity contribution is -0.191. The molecule has 6 aromatic rings. The Labute approximate surface area is 568 Å². The third-order valence-corrected chi connectivity index (χ3v) is 17.6. The Morgan fingerprint density at radius 1 is 0.527 bits per heavy atom. The summed E-state index contributed by atoms with van der Waals surface area (Å²) in [6.07, 6.45) is 8.73. The van der Waals surface area contributed by atoms with E-state index in [1.165, 1.54) is 23.8 Å². The summed E-state index contributed by atoms with van der Waals surface area (Å²) < 4.78 is 51.4. The number of fused-ring (bicyclic) bond motifs is 3.